The summed E-state index contributed by atoms with van der Waals surface area (Å²) in [4.78, 5) is 4.74. The number of hydrogen-bond acceptors (Lipinski definition) is 7. The standard InChI is InChI=1S/C19H30N6O2/c1-19(2,3)18-21-20-16-5-6-17(22-25(16)18)24-10-15(11-24)23(4)9-14-12-26-7-8-27-13-14/h5-6,14-15H,7-13H2,1-4H3. The Bertz CT molecular complexity index is 772. The van der Waals surface area contributed by atoms with Crippen molar-refractivity contribution < 1.29 is 9.47 Å². The van der Waals surface area contributed by atoms with E-state index in [0.717, 1.165) is 50.1 Å². The molecule has 0 aliphatic carbocycles. The quantitative estimate of drug-likeness (QED) is 0.797. The Labute approximate surface area is 160 Å². The predicted octanol–water partition coefficient (Wildman–Crippen LogP) is 1.21. The van der Waals surface area contributed by atoms with Crippen molar-refractivity contribution in [3.05, 3.63) is 18.0 Å². The van der Waals surface area contributed by atoms with Crippen LogP contribution in [0, 0.1) is 5.92 Å². The summed E-state index contributed by atoms with van der Waals surface area (Å²) in [7, 11) is 2.20. The van der Waals surface area contributed by atoms with Crippen LogP contribution in [0.15, 0.2) is 12.1 Å². The zero-order chi connectivity index (χ0) is 19.0. The van der Waals surface area contributed by atoms with Gasteiger partial charge in [-0.2, -0.15) is 4.52 Å². The molecule has 27 heavy (non-hydrogen) atoms. The van der Waals surface area contributed by atoms with Crippen molar-refractivity contribution in [2.24, 2.45) is 5.92 Å². The van der Waals surface area contributed by atoms with E-state index in [2.05, 4.69) is 47.8 Å². The van der Waals surface area contributed by atoms with Crippen molar-refractivity contribution in [2.75, 3.05) is 58.0 Å². The van der Waals surface area contributed by atoms with E-state index in [0.29, 0.717) is 25.2 Å². The van der Waals surface area contributed by atoms with Crippen LogP contribution in [0.3, 0.4) is 0 Å². The Morgan fingerprint density at radius 2 is 1.81 bits per heavy atom. The minimum Gasteiger partial charge on any atom is -0.379 e. The molecule has 0 saturated carbocycles. The summed E-state index contributed by atoms with van der Waals surface area (Å²) in [5.41, 5.74) is 0.706. The van der Waals surface area contributed by atoms with Crippen molar-refractivity contribution in [2.45, 2.75) is 32.2 Å². The van der Waals surface area contributed by atoms with Gasteiger partial charge in [-0.1, -0.05) is 20.8 Å². The van der Waals surface area contributed by atoms with Crippen molar-refractivity contribution in [3.8, 4) is 0 Å². The Hall–Kier alpha value is -1.77. The largest absolute Gasteiger partial charge is 0.379 e. The second kappa shape index (κ2) is 7.33. The molecule has 2 aliphatic rings. The highest BCUT2D eigenvalue weighted by atomic mass is 16.5. The Balaban J connectivity index is 1.38. The highest BCUT2D eigenvalue weighted by Gasteiger charge is 2.33. The number of aromatic nitrogens is 4. The van der Waals surface area contributed by atoms with Crippen molar-refractivity contribution in [1.29, 1.82) is 0 Å². The van der Waals surface area contributed by atoms with Gasteiger partial charge in [0.15, 0.2) is 11.5 Å². The molecule has 0 amide bonds. The van der Waals surface area contributed by atoms with Gasteiger partial charge in [-0.3, -0.25) is 4.90 Å². The fourth-order valence-corrected chi connectivity index (χ4v) is 3.66. The molecule has 4 heterocycles. The molecular weight excluding hydrogens is 344 g/mol. The van der Waals surface area contributed by atoms with Crippen LogP contribution in [0.25, 0.3) is 5.65 Å². The molecule has 4 rings (SSSR count). The maximum Gasteiger partial charge on any atom is 0.178 e. The second-order valence-corrected chi connectivity index (χ2v) is 8.75. The molecule has 2 aromatic heterocycles. The Morgan fingerprint density at radius 1 is 1.11 bits per heavy atom. The maximum absolute atomic E-state index is 5.61. The molecule has 2 aromatic rings. The van der Waals surface area contributed by atoms with E-state index in [4.69, 9.17) is 14.6 Å². The lowest BCUT2D eigenvalue weighted by atomic mass is 9.96. The predicted molar refractivity (Wildman–Crippen MR) is 103 cm³/mol. The molecule has 0 bridgehead atoms. The summed E-state index contributed by atoms with van der Waals surface area (Å²) in [6.45, 7) is 12.4. The Morgan fingerprint density at radius 3 is 2.48 bits per heavy atom. The lowest BCUT2D eigenvalue weighted by Crippen LogP contribution is -2.59. The molecule has 2 saturated heterocycles. The lowest BCUT2D eigenvalue weighted by Gasteiger charge is -2.45. The maximum atomic E-state index is 5.61. The van der Waals surface area contributed by atoms with Gasteiger partial charge in [0, 0.05) is 37.0 Å². The number of ether oxygens (including phenoxy) is 2. The molecule has 0 atom stereocenters. The third-order valence-corrected chi connectivity index (χ3v) is 5.35. The van der Waals surface area contributed by atoms with Crippen molar-refractivity contribution in [3.63, 3.8) is 0 Å². The van der Waals surface area contributed by atoms with Crippen LogP contribution in [0.1, 0.15) is 26.6 Å². The van der Waals surface area contributed by atoms with Crippen LogP contribution < -0.4 is 4.90 Å². The van der Waals surface area contributed by atoms with Gasteiger partial charge in [-0.05, 0) is 19.2 Å². The summed E-state index contributed by atoms with van der Waals surface area (Å²) < 4.78 is 13.1. The SMILES string of the molecule is CN(CC1COCCOC1)C1CN(c2ccc3nnc(C(C)(C)C)n3n2)C1. The zero-order valence-corrected chi connectivity index (χ0v) is 16.8. The van der Waals surface area contributed by atoms with Gasteiger partial charge in [0.2, 0.25) is 0 Å². The highest BCUT2D eigenvalue weighted by Crippen LogP contribution is 2.25. The van der Waals surface area contributed by atoms with Gasteiger partial charge in [-0.25, -0.2) is 0 Å². The molecule has 0 spiro atoms. The van der Waals surface area contributed by atoms with Gasteiger partial charge in [0.25, 0.3) is 0 Å². The molecule has 148 valence electrons. The fourth-order valence-electron chi connectivity index (χ4n) is 3.66. The summed E-state index contributed by atoms with van der Waals surface area (Å²) in [6.07, 6.45) is 0. The van der Waals surface area contributed by atoms with Crippen LogP contribution in [0.2, 0.25) is 0 Å². The van der Waals surface area contributed by atoms with Crippen LogP contribution >= 0.6 is 0 Å². The second-order valence-electron chi connectivity index (χ2n) is 8.75. The number of anilines is 1. The average molecular weight is 374 g/mol. The molecule has 2 aliphatic heterocycles. The van der Waals surface area contributed by atoms with E-state index < -0.39 is 0 Å². The third kappa shape index (κ3) is 3.93. The molecule has 0 N–H and O–H groups in total. The van der Waals surface area contributed by atoms with E-state index >= 15 is 0 Å². The van der Waals surface area contributed by atoms with E-state index in [1.165, 1.54) is 0 Å². The first-order valence-corrected chi connectivity index (χ1v) is 9.75. The normalized spacial score (nSPS) is 20.3. The van der Waals surface area contributed by atoms with E-state index in [1.807, 2.05) is 16.6 Å². The first-order valence-electron chi connectivity index (χ1n) is 9.75. The summed E-state index contributed by atoms with van der Waals surface area (Å²) in [5.74, 6) is 2.33. The molecule has 2 fully saturated rings. The number of nitrogens with zero attached hydrogens (tertiary/aromatic N) is 6. The molecule has 8 heteroatoms. The first-order chi connectivity index (χ1) is 12.9. The zero-order valence-electron chi connectivity index (χ0n) is 16.8. The van der Waals surface area contributed by atoms with E-state index in [9.17, 15) is 0 Å². The monoisotopic (exact) mass is 374 g/mol. The topological polar surface area (TPSA) is 68.0 Å². The summed E-state index contributed by atoms with van der Waals surface area (Å²) in [5, 5.41) is 13.4. The smallest absolute Gasteiger partial charge is 0.178 e. The van der Waals surface area contributed by atoms with Gasteiger partial charge in [-0.15, -0.1) is 15.3 Å². The van der Waals surface area contributed by atoms with Crippen LogP contribution in [-0.2, 0) is 14.9 Å². The minimum atomic E-state index is -0.0917. The van der Waals surface area contributed by atoms with Gasteiger partial charge < -0.3 is 14.4 Å². The molecule has 0 unspecified atom stereocenters. The molecular formula is C19H30N6O2. The van der Waals surface area contributed by atoms with Gasteiger partial charge >= 0.3 is 0 Å². The number of likely N-dealkylation sites (N-methyl/N-ethyl adjacent to an activating group) is 1. The molecule has 0 radical (unpaired) electrons. The first kappa shape index (κ1) is 18.6. The van der Waals surface area contributed by atoms with Crippen LogP contribution in [-0.4, -0.2) is 83.9 Å². The van der Waals surface area contributed by atoms with Crippen LogP contribution in [0.5, 0.6) is 0 Å². The van der Waals surface area contributed by atoms with Gasteiger partial charge in [0.1, 0.15) is 5.82 Å². The number of hydrogen-bond donors (Lipinski definition) is 0. The molecule has 0 aromatic carbocycles. The fraction of sp³-hybridized carbons (Fsp3) is 0.737. The average Bonchev–Trinajstić information content (AvgIpc) is 2.83. The summed E-state index contributed by atoms with van der Waals surface area (Å²) in [6, 6.07) is 4.58. The van der Waals surface area contributed by atoms with Crippen LogP contribution in [0.4, 0.5) is 5.82 Å². The summed E-state index contributed by atoms with van der Waals surface area (Å²) >= 11 is 0. The number of fused-ring (bicyclic) bond motifs is 1. The highest BCUT2D eigenvalue weighted by molar-refractivity contribution is 5.48. The van der Waals surface area contributed by atoms with E-state index in [1.54, 1.807) is 0 Å². The van der Waals surface area contributed by atoms with Gasteiger partial charge in [0.05, 0.1) is 26.4 Å². The minimum absolute atomic E-state index is 0.0917. The lowest BCUT2D eigenvalue weighted by molar-refractivity contribution is 0.0917. The van der Waals surface area contributed by atoms with Crippen molar-refractivity contribution >= 4 is 11.5 Å². The Kier molecular flexibility index (Phi) is 5.05. The number of rotatable bonds is 4. The van der Waals surface area contributed by atoms with E-state index in [-0.39, 0.29) is 5.41 Å². The molecule has 8 nitrogen and oxygen atoms in total. The van der Waals surface area contributed by atoms with Crippen molar-refractivity contribution in [1.82, 2.24) is 24.7 Å². The third-order valence-electron chi connectivity index (χ3n) is 5.35.